The number of anilines is 1. The Morgan fingerprint density at radius 2 is 1.90 bits per heavy atom. The summed E-state index contributed by atoms with van der Waals surface area (Å²) < 4.78 is 94.4. The second kappa shape index (κ2) is 7.18. The zero-order chi connectivity index (χ0) is 21.5. The van der Waals surface area contributed by atoms with Crippen molar-refractivity contribution in [3.05, 3.63) is 58.6 Å². The monoisotopic (exact) mass is 418 g/mol. The lowest BCUT2D eigenvalue weighted by Crippen LogP contribution is -2.20. The quantitative estimate of drug-likeness (QED) is 0.481. The lowest BCUT2D eigenvalue weighted by Gasteiger charge is -2.15. The highest BCUT2D eigenvalue weighted by Gasteiger charge is 2.37. The molecule has 0 aliphatic heterocycles. The summed E-state index contributed by atoms with van der Waals surface area (Å²) in [5, 5.41) is 6.62. The first-order valence-electron chi connectivity index (χ1n) is 7.73. The molecule has 0 saturated carbocycles. The molecule has 3 rings (SSSR count). The molecule has 12 heteroatoms. The van der Waals surface area contributed by atoms with Crippen LogP contribution in [0.3, 0.4) is 0 Å². The van der Waals surface area contributed by atoms with Gasteiger partial charge >= 0.3 is 6.18 Å². The number of nitrogens with zero attached hydrogens (tertiary/aromatic N) is 2. The number of aromatic nitrogens is 3. The number of carbonyl (C=O) groups is 1. The lowest BCUT2D eigenvalue weighted by molar-refractivity contribution is -0.140. The summed E-state index contributed by atoms with van der Waals surface area (Å²) >= 11 is 0. The first-order chi connectivity index (χ1) is 13.5. The highest BCUT2D eigenvalue weighted by Crippen LogP contribution is 2.36. The Labute approximate surface area is 157 Å². The van der Waals surface area contributed by atoms with E-state index in [9.17, 15) is 35.5 Å². The van der Waals surface area contributed by atoms with E-state index in [2.05, 4.69) is 10.1 Å². The van der Waals surface area contributed by atoms with Crippen molar-refractivity contribution in [2.45, 2.75) is 13.1 Å². The molecule has 0 atom stereocenters. The van der Waals surface area contributed by atoms with Crippen molar-refractivity contribution in [1.82, 2.24) is 15.2 Å². The van der Waals surface area contributed by atoms with Crippen molar-refractivity contribution in [2.24, 2.45) is 0 Å². The van der Waals surface area contributed by atoms with Gasteiger partial charge in [-0.25, -0.2) is 18.2 Å². The number of fused-ring (bicyclic) bond motifs is 1. The van der Waals surface area contributed by atoms with Crippen molar-refractivity contribution in [3.8, 4) is 0 Å². The number of rotatable bonds is 3. The fourth-order valence-electron chi connectivity index (χ4n) is 2.47. The van der Waals surface area contributed by atoms with Crippen molar-refractivity contribution >= 4 is 28.6 Å². The van der Waals surface area contributed by atoms with Crippen LogP contribution in [0.15, 0.2) is 24.2 Å². The van der Waals surface area contributed by atoms with E-state index in [0.717, 1.165) is 19.1 Å². The molecule has 2 aromatic heterocycles. The van der Waals surface area contributed by atoms with E-state index in [1.165, 1.54) is 0 Å². The maximum atomic E-state index is 14.3. The molecule has 1 aromatic carbocycles. The number of nitrogens with one attached hydrogen (secondary N) is 2. The topological polar surface area (TPSA) is 70.7 Å². The minimum absolute atomic E-state index is 0.221. The number of carbonyl (C=O) groups excluding carboxylic acids is 1. The van der Waals surface area contributed by atoms with E-state index in [4.69, 9.17) is 0 Å². The molecule has 0 aliphatic carbocycles. The van der Waals surface area contributed by atoms with Gasteiger partial charge in [-0.2, -0.15) is 22.7 Å². The Kier molecular flexibility index (Phi) is 5.03. The van der Waals surface area contributed by atoms with Gasteiger partial charge in [0.1, 0.15) is 11.3 Å². The second-order valence-electron chi connectivity index (χ2n) is 5.80. The maximum Gasteiger partial charge on any atom is 0.435 e. The Morgan fingerprint density at radius 1 is 1.21 bits per heavy atom. The Morgan fingerprint density at radius 3 is 2.55 bits per heavy atom. The first kappa shape index (κ1) is 20.3. The fourth-order valence-corrected chi connectivity index (χ4v) is 2.47. The van der Waals surface area contributed by atoms with E-state index >= 15 is 0 Å². The minimum atomic E-state index is -5.05. The molecule has 152 valence electrons. The zero-order valence-corrected chi connectivity index (χ0v) is 14.3. The van der Waals surface area contributed by atoms with Crippen LogP contribution < -0.4 is 5.32 Å². The van der Waals surface area contributed by atoms with E-state index < -0.39 is 63.5 Å². The van der Waals surface area contributed by atoms with Gasteiger partial charge in [0, 0.05) is 11.1 Å². The predicted molar refractivity (Wildman–Crippen MR) is 87.7 cm³/mol. The van der Waals surface area contributed by atoms with Crippen LogP contribution in [0, 0.1) is 24.5 Å². The number of hydrogen-bond donors (Lipinski definition) is 2. The van der Waals surface area contributed by atoms with Crippen LogP contribution in [-0.4, -0.2) is 21.1 Å². The van der Waals surface area contributed by atoms with Gasteiger partial charge in [0.2, 0.25) is 5.95 Å². The van der Waals surface area contributed by atoms with Gasteiger partial charge in [-0.3, -0.25) is 9.89 Å². The van der Waals surface area contributed by atoms with Gasteiger partial charge in [-0.1, -0.05) is 6.07 Å². The van der Waals surface area contributed by atoms with Gasteiger partial charge in [0.25, 0.3) is 5.91 Å². The molecule has 5 nitrogen and oxygen atoms in total. The Balaban J connectivity index is 1.96. The lowest BCUT2D eigenvalue weighted by atomic mass is 10.1. The third-order valence-corrected chi connectivity index (χ3v) is 3.93. The summed E-state index contributed by atoms with van der Waals surface area (Å²) in [7, 11) is 0. The summed E-state index contributed by atoms with van der Waals surface area (Å²) in [6.45, 7) is 0.934. The molecule has 0 aliphatic rings. The molecule has 0 bridgehead atoms. The summed E-state index contributed by atoms with van der Waals surface area (Å²) in [6.07, 6.45) is -4.36. The number of halogens is 7. The summed E-state index contributed by atoms with van der Waals surface area (Å²) in [4.78, 5) is 14.9. The number of alkyl halides is 3. The van der Waals surface area contributed by atoms with E-state index in [1.807, 2.05) is 5.10 Å². The van der Waals surface area contributed by atoms with Gasteiger partial charge < -0.3 is 5.32 Å². The highest BCUT2D eigenvalue weighted by molar-refractivity contribution is 6.05. The maximum absolute atomic E-state index is 14.3. The van der Waals surface area contributed by atoms with Crippen LogP contribution in [0.4, 0.5) is 36.4 Å². The Bertz CT molecular complexity index is 1150. The van der Waals surface area contributed by atoms with Crippen molar-refractivity contribution in [2.75, 3.05) is 5.32 Å². The van der Waals surface area contributed by atoms with Crippen LogP contribution in [0.2, 0.25) is 0 Å². The van der Waals surface area contributed by atoms with Gasteiger partial charge in [-0.15, -0.1) is 0 Å². The molecule has 0 unspecified atom stereocenters. The van der Waals surface area contributed by atoms with Crippen LogP contribution in [0.5, 0.6) is 0 Å². The number of benzene rings is 1. The molecule has 29 heavy (non-hydrogen) atoms. The van der Waals surface area contributed by atoms with Gasteiger partial charge in [0.15, 0.2) is 17.3 Å². The zero-order valence-electron chi connectivity index (χ0n) is 14.3. The molecule has 2 heterocycles. The number of pyridine rings is 1. The standard InChI is InChI=1S/C17H9F7N4O/c1-6-10(19)5-25-14(17(22,23)24)12(6)26-16(29)9(18)4-7-2-3-8-13(11(7)20)27-28-15(8)21/h2-5H,1H3,(H,26,29)(H,27,28)/b9-4-. The first-order valence-corrected chi connectivity index (χ1v) is 7.73. The Hall–Kier alpha value is -3.44. The van der Waals surface area contributed by atoms with Crippen LogP contribution >= 0.6 is 0 Å². The highest BCUT2D eigenvalue weighted by atomic mass is 19.4. The summed E-state index contributed by atoms with van der Waals surface area (Å²) in [5.41, 5.74) is -4.29. The molecule has 0 fully saturated rings. The van der Waals surface area contributed by atoms with Gasteiger partial charge in [0.05, 0.1) is 17.3 Å². The average Bonchev–Trinajstić information content (AvgIpc) is 3.02. The number of hydrogen-bond acceptors (Lipinski definition) is 3. The van der Waals surface area contributed by atoms with Crippen molar-refractivity contribution in [1.29, 1.82) is 0 Å². The molecule has 1 amide bonds. The largest absolute Gasteiger partial charge is 0.435 e. The van der Waals surface area contributed by atoms with Crippen LogP contribution in [0.1, 0.15) is 16.8 Å². The molecule has 3 aromatic rings. The van der Waals surface area contributed by atoms with Crippen LogP contribution in [-0.2, 0) is 11.0 Å². The molecule has 2 N–H and O–H groups in total. The number of H-pyrrole nitrogens is 1. The third-order valence-electron chi connectivity index (χ3n) is 3.93. The molecular formula is C17H9F7N4O. The molecule has 0 spiro atoms. The van der Waals surface area contributed by atoms with E-state index in [-0.39, 0.29) is 5.39 Å². The molecular weight excluding hydrogens is 409 g/mol. The summed E-state index contributed by atoms with van der Waals surface area (Å²) in [6, 6.07) is 2.01. The number of aromatic amines is 1. The normalized spacial score (nSPS) is 12.5. The van der Waals surface area contributed by atoms with Crippen molar-refractivity contribution < 1.29 is 35.5 Å². The molecule has 0 radical (unpaired) electrons. The second-order valence-corrected chi connectivity index (χ2v) is 5.80. The number of amides is 1. The van der Waals surface area contributed by atoms with Crippen molar-refractivity contribution in [3.63, 3.8) is 0 Å². The van der Waals surface area contributed by atoms with E-state index in [1.54, 1.807) is 5.32 Å². The fraction of sp³-hybridized carbons (Fsp3) is 0.118. The van der Waals surface area contributed by atoms with Crippen LogP contribution in [0.25, 0.3) is 17.0 Å². The third kappa shape index (κ3) is 3.77. The minimum Gasteiger partial charge on any atom is -0.318 e. The summed E-state index contributed by atoms with van der Waals surface area (Å²) in [5.74, 6) is -6.63. The smallest absolute Gasteiger partial charge is 0.318 e. The SMILES string of the molecule is Cc1c(F)cnc(C(F)(F)F)c1NC(=O)/C(F)=C/c1ccc2c(F)[nH]nc2c1F. The van der Waals surface area contributed by atoms with Gasteiger partial charge in [-0.05, 0) is 19.1 Å². The van der Waals surface area contributed by atoms with E-state index in [0.29, 0.717) is 12.3 Å². The molecule has 0 saturated heterocycles. The predicted octanol–water partition coefficient (Wildman–Crippen LogP) is 4.65. The average molecular weight is 418 g/mol.